The van der Waals surface area contributed by atoms with E-state index in [0.717, 1.165) is 39.0 Å². The van der Waals surface area contributed by atoms with Crippen molar-refractivity contribution in [2.75, 3.05) is 0 Å². The Balaban J connectivity index is 0.00000433. The zero-order chi connectivity index (χ0) is 33.4. The standard InChI is InChI=1S/C43H48N3.Au/c1-40(2,3)30-14-15-38-36(24-30)37-26-33(43(10,11)12)25-35(39(37)45-38)29-18-27(19-31(21-29)41(4,5)6)28-20-32(42(7,8)9)23-34(22-28)46-17-13-16-44-46;/h13-17,19-21,23-26H,1-12H3;/q-3;+3. The van der Waals surface area contributed by atoms with Crippen LogP contribution in [0.5, 0.6) is 0 Å². The van der Waals surface area contributed by atoms with Crippen molar-refractivity contribution in [3.63, 3.8) is 0 Å². The summed E-state index contributed by atoms with van der Waals surface area (Å²) in [5, 5.41) is 6.97. The molecule has 4 aromatic carbocycles. The predicted molar refractivity (Wildman–Crippen MR) is 195 cm³/mol. The van der Waals surface area contributed by atoms with E-state index in [9.17, 15) is 0 Å². The Labute approximate surface area is 297 Å². The SMILES string of the molecule is CC(C)(C)c1cc(-c2[c-]c(-n3cccn3)cc(C(C)(C)C)c2)[c-]c(-c2cc(C(C)(C)C)cc3c2[n-]c2ccc(C(C)(C)C)cc23)c1.[Au+3]. The first-order valence-corrected chi connectivity index (χ1v) is 16.5. The molecule has 0 fully saturated rings. The quantitative estimate of drug-likeness (QED) is 0.132. The van der Waals surface area contributed by atoms with E-state index in [0.29, 0.717) is 0 Å². The molecule has 0 radical (unpaired) electrons. The first-order valence-electron chi connectivity index (χ1n) is 16.5. The fourth-order valence-corrected chi connectivity index (χ4v) is 6.00. The Bertz CT molecular complexity index is 2070. The van der Waals surface area contributed by atoms with Crippen molar-refractivity contribution >= 4 is 21.8 Å². The maximum Gasteiger partial charge on any atom is 3.00 e. The minimum atomic E-state index is -0.0718. The van der Waals surface area contributed by atoms with E-state index in [1.165, 1.54) is 33.0 Å². The molecule has 0 saturated carbocycles. The molecule has 2 aromatic heterocycles. The Morgan fingerprint density at radius 2 is 1.11 bits per heavy atom. The third-order valence-electron chi connectivity index (χ3n) is 9.15. The van der Waals surface area contributed by atoms with Crippen LogP contribution in [0.25, 0.3) is 49.7 Å². The molecule has 2 heterocycles. The summed E-state index contributed by atoms with van der Waals surface area (Å²) in [4.78, 5) is 5.29. The molecule has 0 aliphatic carbocycles. The van der Waals surface area contributed by atoms with Crippen LogP contribution in [0.1, 0.15) is 105 Å². The average Bonchev–Trinajstić information content (AvgIpc) is 3.62. The van der Waals surface area contributed by atoms with Gasteiger partial charge in [-0.15, -0.1) is 34.3 Å². The summed E-state index contributed by atoms with van der Waals surface area (Å²) in [7, 11) is 0. The van der Waals surface area contributed by atoms with Gasteiger partial charge in [0.25, 0.3) is 0 Å². The molecule has 246 valence electrons. The molecule has 0 aliphatic rings. The average molecular weight is 804 g/mol. The molecule has 47 heavy (non-hydrogen) atoms. The zero-order valence-electron chi connectivity index (χ0n) is 30.1. The molecule has 0 spiro atoms. The number of benzene rings is 4. The number of fused-ring (bicyclic) bond motifs is 3. The smallest absolute Gasteiger partial charge is 0.663 e. The summed E-state index contributed by atoms with van der Waals surface area (Å²) in [5.41, 5.74) is 12.2. The van der Waals surface area contributed by atoms with Crippen LogP contribution < -0.4 is 4.98 Å². The van der Waals surface area contributed by atoms with Crippen molar-refractivity contribution in [2.45, 2.75) is 105 Å². The second kappa shape index (κ2) is 11.9. The maximum atomic E-state index is 5.29. The molecule has 6 rings (SSSR count). The van der Waals surface area contributed by atoms with Crippen LogP contribution in [-0.2, 0) is 44.0 Å². The Hall–Kier alpha value is -3.37. The zero-order valence-corrected chi connectivity index (χ0v) is 32.2. The van der Waals surface area contributed by atoms with E-state index in [-0.39, 0.29) is 44.0 Å². The molecule has 0 atom stereocenters. The number of hydrogen-bond acceptors (Lipinski definition) is 1. The van der Waals surface area contributed by atoms with Crippen LogP contribution in [-0.4, -0.2) is 9.78 Å². The number of nitrogens with zero attached hydrogens (tertiary/aromatic N) is 3. The van der Waals surface area contributed by atoms with Crippen LogP contribution >= 0.6 is 0 Å². The largest absolute Gasteiger partial charge is 3.00 e. The van der Waals surface area contributed by atoms with Crippen molar-refractivity contribution in [3.05, 3.63) is 107 Å². The fourth-order valence-electron chi connectivity index (χ4n) is 6.00. The van der Waals surface area contributed by atoms with Crippen LogP contribution in [0.15, 0.2) is 73.1 Å². The summed E-state index contributed by atoms with van der Waals surface area (Å²) in [5.74, 6) is 0. The monoisotopic (exact) mass is 803 g/mol. The van der Waals surface area contributed by atoms with E-state index in [4.69, 9.17) is 4.98 Å². The molecule has 0 unspecified atom stereocenters. The van der Waals surface area contributed by atoms with Crippen LogP contribution in [0, 0.1) is 12.1 Å². The topological polar surface area (TPSA) is 31.9 Å². The Kier molecular flexibility index (Phi) is 8.89. The number of hydrogen-bond donors (Lipinski definition) is 0. The summed E-state index contributed by atoms with van der Waals surface area (Å²) in [6.45, 7) is 27.3. The van der Waals surface area contributed by atoms with Gasteiger partial charge in [-0.1, -0.05) is 119 Å². The van der Waals surface area contributed by atoms with E-state index in [1.807, 2.05) is 23.1 Å². The van der Waals surface area contributed by atoms with Gasteiger partial charge in [0.2, 0.25) is 0 Å². The van der Waals surface area contributed by atoms with Gasteiger partial charge in [-0.2, -0.15) is 40.4 Å². The van der Waals surface area contributed by atoms with E-state index >= 15 is 0 Å². The summed E-state index contributed by atoms with van der Waals surface area (Å²) in [6, 6.07) is 30.1. The normalized spacial score (nSPS) is 12.9. The van der Waals surface area contributed by atoms with Gasteiger partial charge in [-0.05, 0) is 55.3 Å². The predicted octanol–water partition coefficient (Wildman–Crippen LogP) is 11.3. The van der Waals surface area contributed by atoms with Gasteiger partial charge in [0.05, 0.1) is 0 Å². The summed E-state index contributed by atoms with van der Waals surface area (Å²) in [6.07, 6.45) is 3.80. The van der Waals surface area contributed by atoms with Gasteiger partial charge < -0.3 is 4.98 Å². The van der Waals surface area contributed by atoms with Gasteiger partial charge >= 0.3 is 22.4 Å². The van der Waals surface area contributed by atoms with E-state index in [1.54, 1.807) is 0 Å². The fraction of sp³-hybridized carbons (Fsp3) is 0.372. The molecule has 0 bridgehead atoms. The van der Waals surface area contributed by atoms with Gasteiger partial charge in [0, 0.05) is 12.4 Å². The molecule has 6 aromatic rings. The van der Waals surface area contributed by atoms with Crippen molar-refractivity contribution < 1.29 is 22.4 Å². The van der Waals surface area contributed by atoms with Gasteiger partial charge in [0.15, 0.2) is 0 Å². The van der Waals surface area contributed by atoms with Crippen LogP contribution in [0.4, 0.5) is 0 Å². The van der Waals surface area contributed by atoms with E-state index < -0.39 is 0 Å². The Morgan fingerprint density at radius 3 is 1.68 bits per heavy atom. The van der Waals surface area contributed by atoms with Gasteiger partial charge in [-0.25, -0.2) is 5.56 Å². The van der Waals surface area contributed by atoms with Crippen LogP contribution in [0.2, 0.25) is 0 Å². The van der Waals surface area contributed by atoms with Crippen molar-refractivity contribution in [1.82, 2.24) is 14.8 Å². The maximum absolute atomic E-state index is 5.29. The van der Waals surface area contributed by atoms with Gasteiger partial charge in [0.1, 0.15) is 0 Å². The minimum absolute atomic E-state index is 0. The first-order chi connectivity index (χ1) is 21.3. The molecule has 3 nitrogen and oxygen atoms in total. The summed E-state index contributed by atoms with van der Waals surface area (Å²) >= 11 is 0. The number of aromatic nitrogens is 3. The molecule has 0 N–H and O–H groups in total. The van der Waals surface area contributed by atoms with Crippen molar-refractivity contribution in [2.24, 2.45) is 0 Å². The van der Waals surface area contributed by atoms with Crippen molar-refractivity contribution in [1.29, 1.82) is 0 Å². The molecule has 4 heteroatoms. The second-order valence-electron chi connectivity index (χ2n) is 17.1. The van der Waals surface area contributed by atoms with Crippen LogP contribution in [0.3, 0.4) is 0 Å². The van der Waals surface area contributed by atoms with Crippen molar-refractivity contribution in [3.8, 4) is 27.9 Å². The number of rotatable bonds is 3. The molecule has 0 aliphatic heterocycles. The third-order valence-corrected chi connectivity index (χ3v) is 9.15. The Morgan fingerprint density at radius 1 is 0.574 bits per heavy atom. The van der Waals surface area contributed by atoms with E-state index in [2.05, 4.69) is 155 Å². The summed E-state index contributed by atoms with van der Waals surface area (Å²) < 4.78 is 1.90. The van der Waals surface area contributed by atoms with Gasteiger partial charge in [-0.3, -0.25) is 4.68 Å². The molecule has 0 saturated heterocycles. The second-order valence-corrected chi connectivity index (χ2v) is 17.1. The first kappa shape index (κ1) is 35.0. The minimum Gasteiger partial charge on any atom is -0.663 e. The molecule has 0 amide bonds. The third kappa shape index (κ3) is 6.95. The molecular weight excluding hydrogens is 755 g/mol. The molecular formula is C43H48AuN3.